The Morgan fingerprint density at radius 1 is 0.947 bits per heavy atom. The molecule has 0 atom stereocenters. The van der Waals surface area contributed by atoms with Gasteiger partial charge in [0.2, 0.25) is 0 Å². The Bertz CT molecular complexity index is 719. The van der Waals surface area contributed by atoms with Crippen molar-refractivity contribution in [1.29, 1.82) is 0 Å². The number of aldehydes is 1. The highest BCUT2D eigenvalue weighted by Crippen LogP contribution is 2.30. The van der Waals surface area contributed by atoms with Crippen LogP contribution in [0, 0.1) is 0 Å². The van der Waals surface area contributed by atoms with Crippen molar-refractivity contribution in [3.05, 3.63) is 53.6 Å². The van der Waals surface area contributed by atoms with E-state index in [-0.39, 0.29) is 0 Å². The fraction of sp³-hybridized carbons (Fsp3) is 0. The topological polar surface area (TPSA) is 63.2 Å². The molecule has 2 aromatic rings. The minimum atomic E-state index is -0.615. The van der Waals surface area contributed by atoms with Crippen molar-refractivity contribution in [2.24, 2.45) is 0 Å². The highest BCUT2D eigenvalue weighted by Gasteiger charge is 2.28. The van der Waals surface area contributed by atoms with Crippen molar-refractivity contribution in [1.82, 2.24) is 0 Å². The van der Waals surface area contributed by atoms with Gasteiger partial charge in [0.25, 0.3) is 11.7 Å². The molecule has 0 saturated carbocycles. The van der Waals surface area contributed by atoms with Crippen LogP contribution in [0.25, 0.3) is 11.1 Å². The van der Waals surface area contributed by atoms with Gasteiger partial charge in [0, 0.05) is 5.56 Å². The van der Waals surface area contributed by atoms with Gasteiger partial charge in [-0.25, -0.2) is 0 Å². The number of anilines is 1. The number of fused-ring (bicyclic) bond motifs is 1. The zero-order chi connectivity index (χ0) is 13.4. The molecule has 4 nitrogen and oxygen atoms in total. The van der Waals surface area contributed by atoms with Crippen LogP contribution in [0.5, 0.6) is 0 Å². The smallest absolute Gasteiger partial charge is 0.296 e. The van der Waals surface area contributed by atoms with E-state index in [0.29, 0.717) is 16.8 Å². The summed E-state index contributed by atoms with van der Waals surface area (Å²) < 4.78 is 0. The molecular weight excluding hydrogens is 242 g/mol. The summed E-state index contributed by atoms with van der Waals surface area (Å²) in [6, 6.07) is 12.2. The average Bonchev–Trinajstić information content (AvgIpc) is 2.74. The van der Waals surface area contributed by atoms with Gasteiger partial charge in [0.1, 0.15) is 0 Å². The first-order valence-electron chi connectivity index (χ1n) is 5.75. The Labute approximate surface area is 109 Å². The first-order chi connectivity index (χ1) is 9.20. The van der Waals surface area contributed by atoms with E-state index in [9.17, 15) is 14.4 Å². The van der Waals surface area contributed by atoms with E-state index in [4.69, 9.17) is 0 Å². The monoisotopic (exact) mass is 251 g/mol. The number of Topliss-reactive ketones (excluding diaryl/α,β-unsaturated/α-hetero) is 1. The van der Waals surface area contributed by atoms with Crippen LogP contribution in [0.2, 0.25) is 0 Å². The maximum absolute atomic E-state index is 11.7. The molecule has 0 saturated heterocycles. The SMILES string of the molecule is O=Cc1ccccc1-c1ccc2c(c1)C(=O)C(=O)N2. The van der Waals surface area contributed by atoms with Gasteiger partial charge < -0.3 is 5.32 Å². The molecule has 0 bridgehead atoms. The molecule has 4 heteroatoms. The third-order valence-electron chi connectivity index (χ3n) is 3.12. The minimum absolute atomic E-state index is 0.350. The molecule has 1 heterocycles. The molecule has 0 radical (unpaired) electrons. The summed E-state index contributed by atoms with van der Waals surface area (Å²) in [5.74, 6) is -1.16. The lowest BCUT2D eigenvalue weighted by atomic mass is 9.97. The molecule has 0 aliphatic carbocycles. The second kappa shape index (κ2) is 4.17. The molecule has 2 aromatic carbocycles. The van der Waals surface area contributed by atoms with E-state index in [1.54, 1.807) is 36.4 Å². The lowest BCUT2D eigenvalue weighted by Crippen LogP contribution is -2.12. The summed E-state index contributed by atoms with van der Waals surface area (Å²) in [7, 11) is 0. The van der Waals surface area contributed by atoms with E-state index in [1.807, 2.05) is 6.07 Å². The van der Waals surface area contributed by atoms with Crippen molar-refractivity contribution in [2.75, 3.05) is 5.32 Å². The summed E-state index contributed by atoms with van der Waals surface area (Å²) in [5.41, 5.74) is 2.90. The van der Waals surface area contributed by atoms with Crippen LogP contribution in [0.15, 0.2) is 42.5 Å². The number of ketones is 1. The van der Waals surface area contributed by atoms with Gasteiger partial charge in [0.15, 0.2) is 6.29 Å². The third kappa shape index (κ3) is 1.74. The van der Waals surface area contributed by atoms with E-state index < -0.39 is 11.7 Å². The Balaban J connectivity index is 2.16. The van der Waals surface area contributed by atoms with Crippen molar-refractivity contribution in [3.63, 3.8) is 0 Å². The largest absolute Gasteiger partial charge is 0.318 e. The summed E-state index contributed by atoms with van der Waals surface area (Å²) in [6.45, 7) is 0. The minimum Gasteiger partial charge on any atom is -0.318 e. The van der Waals surface area contributed by atoms with Gasteiger partial charge in [-0.2, -0.15) is 0 Å². The lowest BCUT2D eigenvalue weighted by molar-refractivity contribution is -0.112. The Morgan fingerprint density at radius 2 is 1.74 bits per heavy atom. The molecule has 3 rings (SSSR count). The molecule has 0 spiro atoms. The molecule has 0 unspecified atom stereocenters. The van der Waals surface area contributed by atoms with Gasteiger partial charge >= 0.3 is 0 Å². The first kappa shape index (κ1) is 11.3. The summed E-state index contributed by atoms with van der Waals surface area (Å²) in [4.78, 5) is 34.0. The number of carbonyl (C=O) groups is 3. The molecule has 1 N–H and O–H groups in total. The fourth-order valence-corrected chi connectivity index (χ4v) is 2.17. The third-order valence-corrected chi connectivity index (χ3v) is 3.12. The van der Waals surface area contributed by atoms with Crippen molar-refractivity contribution in [2.45, 2.75) is 0 Å². The van der Waals surface area contributed by atoms with Gasteiger partial charge in [-0.1, -0.05) is 30.3 Å². The number of benzene rings is 2. The predicted octanol–water partition coefficient (Wildman–Crippen LogP) is 2.30. The van der Waals surface area contributed by atoms with Crippen LogP contribution >= 0.6 is 0 Å². The normalized spacial score (nSPS) is 13.1. The van der Waals surface area contributed by atoms with Gasteiger partial charge in [-0.15, -0.1) is 0 Å². The van der Waals surface area contributed by atoms with Crippen LogP contribution in [0.4, 0.5) is 5.69 Å². The summed E-state index contributed by atoms with van der Waals surface area (Å²) in [6.07, 6.45) is 0.772. The predicted molar refractivity (Wildman–Crippen MR) is 70.2 cm³/mol. The van der Waals surface area contributed by atoms with Crippen LogP contribution in [0.1, 0.15) is 20.7 Å². The highest BCUT2D eigenvalue weighted by molar-refractivity contribution is 6.51. The van der Waals surface area contributed by atoms with Gasteiger partial charge in [0.05, 0.1) is 11.3 Å². The van der Waals surface area contributed by atoms with Crippen molar-refractivity contribution >= 4 is 23.7 Å². The molecule has 1 aliphatic heterocycles. The maximum Gasteiger partial charge on any atom is 0.296 e. The van der Waals surface area contributed by atoms with Crippen LogP contribution < -0.4 is 5.32 Å². The first-order valence-corrected chi connectivity index (χ1v) is 5.75. The van der Waals surface area contributed by atoms with Gasteiger partial charge in [-0.3, -0.25) is 14.4 Å². The lowest BCUT2D eigenvalue weighted by Gasteiger charge is -2.06. The molecule has 92 valence electrons. The maximum atomic E-state index is 11.7. The zero-order valence-electron chi connectivity index (χ0n) is 9.84. The molecule has 1 amide bonds. The summed E-state index contributed by atoms with van der Waals surface area (Å²) in [5, 5.41) is 2.50. The molecular formula is C15H9NO3. The molecule has 19 heavy (non-hydrogen) atoms. The highest BCUT2D eigenvalue weighted by atomic mass is 16.2. The van der Waals surface area contributed by atoms with E-state index in [0.717, 1.165) is 17.4 Å². The molecule has 0 aromatic heterocycles. The van der Waals surface area contributed by atoms with Crippen LogP contribution in [-0.4, -0.2) is 18.0 Å². The van der Waals surface area contributed by atoms with E-state index in [1.165, 1.54) is 0 Å². The second-order valence-corrected chi connectivity index (χ2v) is 4.25. The Hall–Kier alpha value is -2.75. The number of amides is 1. The van der Waals surface area contributed by atoms with Crippen molar-refractivity contribution in [3.8, 4) is 11.1 Å². The fourth-order valence-electron chi connectivity index (χ4n) is 2.17. The standard InChI is InChI=1S/C15H9NO3/c17-8-10-3-1-2-4-11(10)9-5-6-13-12(7-9)14(18)15(19)16-13/h1-8H,(H,16,18,19). The van der Waals surface area contributed by atoms with Crippen molar-refractivity contribution < 1.29 is 14.4 Å². The summed E-state index contributed by atoms with van der Waals surface area (Å²) >= 11 is 0. The van der Waals surface area contributed by atoms with E-state index in [2.05, 4.69) is 5.32 Å². The number of hydrogen-bond acceptors (Lipinski definition) is 3. The zero-order valence-corrected chi connectivity index (χ0v) is 9.84. The number of carbonyl (C=O) groups excluding carboxylic acids is 3. The van der Waals surface area contributed by atoms with Crippen LogP contribution in [-0.2, 0) is 4.79 Å². The molecule has 0 fully saturated rings. The molecule has 1 aliphatic rings. The Kier molecular flexibility index (Phi) is 2.49. The Morgan fingerprint density at radius 3 is 2.53 bits per heavy atom. The van der Waals surface area contributed by atoms with E-state index >= 15 is 0 Å². The number of nitrogens with one attached hydrogen (secondary N) is 1. The number of rotatable bonds is 2. The second-order valence-electron chi connectivity index (χ2n) is 4.25. The van der Waals surface area contributed by atoms with Gasteiger partial charge in [-0.05, 0) is 23.3 Å². The average molecular weight is 251 g/mol. The van der Waals surface area contributed by atoms with Crippen LogP contribution in [0.3, 0.4) is 0 Å². The quantitative estimate of drug-likeness (QED) is 0.658. The number of hydrogen-bond donors (Lipinski definition) is 1.